The van der Waals surface area contributed by atoms with Gasteiger partial charge in [-0.1, -0.05) is 13.8 Å². The van der Waals surface area contributed by atoms with E-state index in [1.165, 1.54) is 11.3 Å². The van der Waals surface area contributed by atoms with Gasteiger partial charge in [-0.2, -0.15) is 11.3 Å². The van der Waals surface area contributed by atoms with Crippen LogP contribution in [0.3, 0.4) is 0 Å². The van der Waals surface area contributed by atoms with E-state index in [9.17, 15) is 4.79 Å². The highest BCUT2D eigenvalue weighted by Gasteiger charge is 2.19. The van der Waals surface area contributed by atoms with Gasteiger partial charge in [0.15, 0.2) is 5.78 Å². The molecular weight excluding hydrogens is 244 g/mol. The highest BCUT2D eigenvalue weighted by Crippen LogP contribution is 2.20. The summed E-state index contributed by atoms with van der Waals surface area (Å²) in [7, 11) is 0. The van der Waals surface area contributed by atoms with Crippen LogP contribution in [0.25, 0.3) is 4.85 Å². The second-order valence-electron chi connectivity index (χ2n) is 3.66. The van der Waals surface area contributed by atoms with Crippen molar-refractivity contribution in [1.82, 2.24) is 5.32 Å². The van der Waals surface area contributed by atoms with Crippen LogP contribution in [0.4, 0.5) is 0 Å². The number of hydrogen-bond acceptors (Lipinski definition) is 3. The fourth-order valence-corrected chi connectivity index (χ4v) is 2.38. The lowest BCUT2D eigenvalue weighted by molar-refractivity contribution is 0.103. The number of ketones is 1. The number of piperidine rings is 1. The Morgan fingerprint density at radius 2 is 2.22 bits per heavy atom. The molecule has 96 valence electrons. The van der Waals surface area contributed by atoms with Crippen LogP contribution in [0, 0.1) is 6.57 Å². The predicted octanol–water partition coefficient (Wildman–Crippen LogP) is 3.86. The molecule has 0 amide bonds. The number of carbonyl (C=O) groups is 1. The Kier molecular flexibility index (Phi) is 6.16. The molecule has 18 heavy (non-hydrogen) atoms. The molecule has 1 aliphatic heterocycles. The minimum absolute atomic E-state index is 0.152. The number of hydrogen-bond donors (Lipinski definition) is 1. The Morgan fingerprint density at radius 3 is 2.72 bits per heavy atom. The summed E-state index contributed by atoms with van der Waals surface area (Å²) < 4.78 is 0. The van der Waals surface area contributed by atoms with Crippen LogP contribution in [-0.4, -0.2) is 12.3 Å². The van der Waals surface area contributed by atoms with Gasteiger partial charge in [0.1, 0.15) is 0 Å². The molecule has 1 saturated heterocycles. The third-order valence-corrected chi connectivity index (χ3v) is 3.27. The van der Waals surface area contributed by atoms with Crippen molar-refractivity contribution >= 4 is 17.1 Å². The van der Waals surface area contributed by atoms with E-state index in [1.54, 1.807) is 11.4 Å². The Labute approximate surface area is 112 Å². The summed E-state index contributed by atoms with van der Waals surface area (Å²) >= 11 is 1.48. The Bertz CT molecular complexity index is 447. The Hall–Kier alpha value is -1.60. The van der Waals surface area contributed by atoms with Crippen molar-refractivity contribution in [3.05, 3.63) is 45.2 Å². The molecule has 4 heteroatoms. The summed E-state index contributed by atoms with van der Waals surface area (Å²) in [6, 6.07) is 1.77. The van der Waals surface area contributed by atoms with Crippen molar-refractivity contribution in [2.45, 2.75) is 33.1 Å². The molecule has 0 aromatic carbocycles. The first-order valence-corrected chi connectivity index (χ1v) is 7.18. The third kappa shape index (κ3) is 3.44. The number of carbonyl (C=O) groups excluding carboxylic acids is 1. The van der Waals surface area contributed by atoms with Gasteiger partial charge in [-0.3, -0.25) is 0 Å². The summed E-state index contributed by atoms with van der Waals surface area (Å²) in [6.45, 7) is 12.0. The van der Waals surface area contributed by atoms with E-state index in [0.29, 0.717) is 5.56 Å². The normalized spacial score (nSPS) is 16.7. The minimum Gasteiger partial charge on any atom is -0.397 e. The second kappa shape index (κ2) is 7.67. The molecule has 1 aromatic rings. The first kappa shape index (κ1) is 14.5. The maximum absolute atomic E-state index is 12.0. The Balaban J connectivity index is 0.000000771. The third-order valence-electron chi connectivity index (χ3n) is 2.59. The summed E-state index contributed by atoms with van der Waals surface area (Å²) in [6.07, 6.45) is 2.98. The van der Waals surface area contributed by atoms with Crippen molar-refractivity contribution in [2.75, 3.05) is 6.54 Å². The lowest BCUT2D eigenvalue weighted by Gasteiger charge is -2.17. The molecule has 1 N–H and O–H groups in total. The molecule has 1 aliphatic rings. The van der Waals surface area contributed by atoms with Crippen LogP contribution in [0.5, 0.6) is 0 Å². The standard InChI is InChI=1S/C12H12N2OS.C2H6/c1-13-11(10-4-2-3-6-14-10)12(15)9-5-7-16-8-9;1-2/h5,7-8,14H,2-4,6H2;1-2H3/b11-10+;. The molecule has 0 radical (unpaired) electrons. The van der Waals surface area contributed by atoms with E-state index in [2.05, 4.69) is 10.2 Å². The number of nitrogens with zero attached hydrogens (tertiary/aromatic N) is 1. The zero-order chi connectivity index (χ0) is 13.4. The van der Waals surface area contributed by atoms with Crippen molar-refractivity contribution in [2.24, 2.45) is 0 Å². The molecule has 0 bridgehead atoms. The first-order valence-electron chi connectivity index (χ1n) is 6.24. The SMILES string of the molecule is CC.[C-]#[N+]/C(C(=O)c1ccsc1)=C1\CCCCN1. The van der Waals surface area contributed by atoms with Gasteiger partial charge in [0.05, 0.1) is 6.57 Å². The van der Waals surface area contributed by atoms with Gasteiger partial charge in [-0.25, -0.2) is 4.85 Å². The molecule has 0 aliphatic carbocycles. The maximum atomic E-state index is 12.0. The molecule has 0 unspecified atom stereocenters. The highest BCUT2D eigenvalue weighted by atomic mass is 32.1. The van der Waals surface area contributed by atoms with Crippen LogP contribution in [-0.2, 0) is 0 Å². The average molecular weight is 262 g/mol. The Morgan fingerprint density at radius 1 is 1.44 bits per heavy atom. The van der Waals surface area contributed by atoms with E-state index < -0.39 is 0 Å². The van der Waals surface area contributed by atoms with Crippen molar-refractivity contribution < 1.29 is 4.79 Å². The van der Waals surface area contributed by atoms with Gasteiger partial charge < -0.3 is 10.1 Å². The van der Waals surface area contributed by atoms with Crippen LogP contribution in [0.1, 0.15) is 43.5 Å². The summed E-state index contributed by atoms with van der Waals surface area (Å²) in [5.74, 6) is -0.152. The largest absolute Gasteiger partial charge is 0.397 e. The second-order valence-corrected chi connectivity index (χ2v) is 4.44. The molecule has 0 atom stereocenters. The van der Waals surface area contributed by atoms with Gasteiger partial charge in [0, 0.05) is 23.2 Å². The smallest absolute Gasteiger partial charge is 0.252 e. The van der Waals surface area contributed by atoms with Gasteiger partial charge in [0.2, 0.25) is 0 Å². The van der Waals surface area contributed by atoms with Crippen LogP contribution in [0.2, 0.25) is 0 Å². The fourth-order valence-electron chi connectivity index (χ4n) is 1.74. The number of Topliss-reactive ketones (excluding diaryl/α,β-unsaturated/α-hetero) is 1. The van der Waals surface area contributed by atoms with Crippen LogP contribution in [0.15, 0.2) is 28.2 Å². The van der Waals surface area contributed by atoms with Crippen LogP contribution < -0.4 is 5.32 Å². The van der Waals surface area contributed by atoms with Gasteiger partial charge in [-0.05, 0) is 30.7 Å². The van der Waals surface area contributed by atoms with E-state index in [-0.39, 0.29) is 11.5 Å². The fraction of sp³-hybridized carbons (Fsp3) is 0.429. The molecule has 1 aromatic heterocycles. The summed E-state index contributed by atoms with van der Waals surface area (Å²) in [4.78, 5) is 15.4. The van der Waals surface area contributed by atoms with E-state index in [4.69, 9.17) is 6.57 Å². The van der Waals surface area contributed by atoms with E-state index in [0.717, 1.165) is 31.5 Å². The molecule has 2 rings (SSSR count). The highest BCUT2D eigenvalue weighted by molar-refractivity contribution is 7.08. The zero-order valence-electron chi connectivity index (χ0n) is 10.8. The van der Waals surface area contributed by atoms with E-state index in [1.807, 2.05) is 19.2 Å². The van der Waals surface area contributed by atoms with E-state index >= 15 is 0 Å². The molecule has 2 heterocycles. The molecular formula is C14H18N2OS. The average Bonchev–Trinajstić information content (AvgIpc) is 2.97. The number of allylic oxidation sites excluding steroid dienone is 2. The first-order chi connectivity index (χ1) is 8.83. The molecule has 0 spiro atoms. The summed E-state index contributed by atoms with van der Waals surface area (Å²) in [5.41, 5.74) is 1.70. The van der Waals surface area contributed by atoms with Gasteiger partial charge in [-0.15, -0.1) is 0 Å². The monoisotopic (exact) mass is 262 g/mol. The number of nitrogens with one attached hydrogen (secondary N) is 1. The lowest BCUT2D eigenvalue weighted by atomic mass is 10.0. The quantitative estimate of drug-likeness (QED) is 0.499. The topological polar surface area (TPSA) is 33.5 Å². The van der Waals surface area contributed by atoms with Gasteiger partial charge >= 0.3 is 0 Å². The van der Waals surface area contributed by atoms with Crippen molar-refractivity contribution in [3.8, 4) is 0 Å². The zero-order valence-corrected chi connectivity index (χ0v) is 11.6. The molecule has 3 nitrogen and oxygen atoms in total. The van der Waals surface area contributed by atoms with Crippen LogP contribution >= 0.6 is 11.3 Å². The minimum atomic E-state index is -0.152. The summed E-state index contributed by atoms with van der Waals surface area (Å²) in [5, 5.41) is 6.80. The van der Waals surface area contributed by atoms with Crippen molar-refractivity contribution in [1.29, 1.82) is 0 Å². The molecule has 1 fully saturated rings. The van der Waals surface area contributed by atoms with Crippen molar-refractivity contribution in [3.63, 3.8) is 0 Å². The predicted molar refractivity (Wildman–Crippen MR) is 75.5 cm³/mol. The molecule has 0 saturated carbocycles. The number of thiophene rings is 1. The lowest BCUT2D eigenvalue weighted by Crippen LogP contribution is -2.23. The number of rotatable bonds is 2. The van der Waals surface area contributed by atoms with Gasteiger partial charge in [0.25, 0.3) is 5.70 Å². The maximum Gasteiger partial charge on any atom is 0.252 e.